The molecule has 0 bridgehead atoms. The molecule has 36 valence electrons. The minimum Gasteiger partial charge on any atom is -0.270 e. The lowest BCUT2D eigenvalue weighted by Gasteiger charge is -1.88. The first-order valence-corrected chi connectivity index (χ1v) is 3.81. The van der Waals surface area contributed by atoms with Gasteiger partial charge in [-0.15, -0.1) is 10.7 Å². The van der Waals surface area contributed by atoms with Gasteiger partial charge in [-0.2, -0.15) is 0 Å². The van der Waals surface area contributed by atoms with Crippen LogP contribution >= 0.6 is 10.7 Å². The molecule has 1 aliphatic heterocycles. The molecule has 1 aliphatic rings. The topological polar surface area (TPSA) is 12.0 Å². The van der Waals surface area contributed by atoms with E-state index in [2.05, 4.69) is 16.3 Å². The lowest BCUT2D eigenvalue weighted by atomic mass is 10.5. The van der Waals surface area contributed by atoms with E-state index in [-0.39, 0.29) is 0 Å². The van der Waals surface area contributed by atoms with Crippen LogP contribution < -0.4 is 4.72 Å². The smallest absolute Gasteiger partial charge is 0.00935 e. The fourth-order valence-electron chi connectivity index (χ4n) is 0.515. The number of hydrogen-bond acceptors (Lipinski definition) is 1. The van der Waals surface area contributed by atoms with E-state index >= 15 is 0 Å². The summed E-state index contributed by atoms with van der Waals surface area (Å²) in [5.41, 5.74) is 0. The average Bonchev–Trinajstić information content (AvgIpc) is 1.86. The highest BCUT2D eigenvalue weighted by Crippen LogP contribution is 2.03. The third kappa shape index (κ3) is 0.820. The lowest BCUT2D eigenvalue weighted by Crippen LogP contribution is -1.97. The Morgan fingerprint density at radius 1 is 1.83 bits per heavy atom. The fourth-order valence-corrected chi connectivity index (χ4v) is 1.54. The Kier molecular flexibility index (Phi) is 1.27. The van der Waals surface area contributed by atoms with Gasteiger partial charge in [0.25, 0.3) is 0 Å². The zero-order valence-corrected chi connectivity index (χ0v) is 4.72. The highest BCUT2D eigenvalue weighted by molar-refractivity contribution is 8.12. The van der Waals surface area contributed by atoms with Gasteiger partial charge < -0.3 is 0 Å². The van der Waals surface area contributed by atoms with Crippen LogP contribution in [0.25, 0.3) is 0 Å². The molecule has 0 saturated heterocycles. The average molecular weight is 103 g/mol. The Morgan fingerprint density at radius 2 is 2.67 bits per heavy atom. The molecule has 0 radical (unpaired) electrons. The van der Waals surface area contributed by atoms with Crippen LogP contribution in [0.2, 0.25) is 0 Å². The van der Waals surface area contributed by atoms with E-state index in [1.54, 1.807) is 0 Å². The molecule has 1 heterocycles. The van der Waals surface area contributed by atoms with Gasteiger partial charge in [0, 0.05) is 6.54 Å². The lowest BCUT2D eigenvalue weighted by molar-refractivity contribution is 1.00. The predicted molar refractivity (Wildman–Crippen MR) is 32.2 cm³/mol. The van der Waals surface area contributed by atoms with Crippen LogP contribution in [0.15, 0.2) is 0 Å². The molecule has 0 spiro atoms. The molecule has 1 N–H and O–H groups in total. The number of rotatable bonds is 0. The zero-order valence-electron chi connectivity index (χ0n) is 3.90. The highest BCUT2D eigenvalue weighted by Gasteiger charge is 1.91. The van der Waals surface area contributed by atoms with Crippen molar-refractivity contribution in [2.24, 2.45) is 0 Å². The summed E-state index contributed by atoms with van der Waals surface area (Å²) in [6.07, 6.45) is 3.46. The summed E-state index contributed by atoms with van der Waals surface area (Å²) < 4.78 is 3.29. The maximum atomic E-state index is 3.29. The van der Waals surface area contributed by atoms with Crippen molar-refractivity contribution in [3.05, 3.63) is 0 Å². The Morgan fingerprint density at radius 3 is 2.83 bits per heavy atom. The first-order valence-electron chi connectivity index (χ1n) is 2.11. The standard InChI is InChI=1S/C4H9NS/c1-6-4-2-3-5-6/h4-5H,2-3H2,1H3. The molecular formula is C4H9NS. The van der Waals surface area contributed by atoms with E-state index in [0.717, 1.165) is 0 Å². The van der Waals surface area contributed by atoms with Crippen LogP contribution in [0.5, 0.6) is 0 Å². The third-order valence-corrected chi connectivity index (χ3v) is 2.24. The third-order valence-electron chi connectivity index (χ3n) is 0.842. The molecule has 0 amide bonds. The molecule has 6 heavy (non-hydrogen) atoms. The van der Waals surface area contributed by atoms with Crippen LogP contribution in [0.1, 0.15) is 6.42 Å². The molecule has 1 unspecified atom stereocenters. The Hall–Kier alpha value is 0.180. The van der Waals surface area contributed by atoms with Crippen molar-refractivity contribution >= 4 is 16.0 Å². The molecule has 0 fully saturated rings. The minimum atomic E-state index is 0.452. The van der Waals surface area contributed by atoms with Crippen molar-refractivity contribution < 1.29 is 0 Å². The summed E-state index contributed by atoms with van der Waals surface area (Å²) in [5.74, 6) is 0. The summed E-state index contributed by atoms with van der Waals surface area (Å²) in [6, 6.07) is 0. The van der Waals surface area contributed by atoms with E-state index in [1.807, 2.05) is 0 Å². The summed E-state index contributed by atoms with van der Waals surface area (Å²) in [4.78, 5) is 0. The van der Waals surface area contributed by atoms with Crippen molar-refractivity contribution in [2.75, 3.05) is 12.8 Å². The van der Waals surface area contributed by atoms with E-state index in [9.17, 15) is 0 Å². The van der Waals surface area contributed by atoms with Crippen LogP contribution in [0.3, 0.4) is 0 Å². The zero-order chi connectivity index (χ0) is 4.41. The predicted octanol–water partition coefficient (Wildman–Crippen LogP) is 0.596. The van der Waals surface area contributed by atoms with Crippen LogP contribution in [0.4, 0.5) is 0 Å². The SMILES string of the molecule is CS1=CCCN1. The first kappa shape index (κ1) is 4.34. The van der Waals surface area contributed by atoms with E-state index < -0.39 is 0 Å². The van der Waals surface area contributed by atoms with Crippen LogP contribution in [-0.4, -0.2) is 18.2 Å². The highest BCUT2D eigenvalue weighted by atomic mass is 32.2. The number of nitrogens with one attached hydrogen (secondary N) is 1. The summed E-state index contributed by atoms with van der Waals surface area (Å²) >= 11 is 0. The molecule has 0 aromatic heterocycles. The Balaban J connectivity index is 2.45. The van der Waals surface area contributed by atoms with Gasteiger partial charge in [0.1, 0.15) is 0 Å². The van der Waals surface area contributed by atoms with E-state index in [1.165, 1.54) is 13.0 Å². The normalized spacial score (nSPS) is 33.2. The van der Waals surface area contributed by atoms with Crippen molar-refractivity contribution in [2.45, 2.75) is 6.42 Å². The van der Waals surface area contributed by atoms with E-state index in [4.69, 9.17) is 0 Å². The van der Waals surface area contributed by atoms with Gasteiger partial charge in [0.05, 0.1) is 0 Å². The second-order valence-corrected chi connectivity index (χ2v) is 3.14. The molecule has 2 heteroatoms. The second kappa shape index (κ2) is 1.76. The van der Waals surface area contributed by atoms with Gasteiger partial charge in [-0.05, 0) is 18.0 Å². The maximum absolute atomic E-state index is 3.29. The summed E-state index contributed by atoms with van der Waals surface area (Å²) in [7, 11) is 0.452. The van der Waals surface area contributed by atoms with Crippen LogP contribution in [0, 0.1) is 0 Å². The quantitative estimate of drug-likeness (QED) is 0.443. The van der Waals surface area contributed by atoms with Gasteiger partial charge in [-0.1, -0.05) is 0 Å². The molecule has 1 nitrogen and oxygen atoms in total. The monoisotopic (exact) mass is 103 g/mol. The Labute approximate surface area is 40.8 Å². The second-order valence-electron chi connectivity index (χ2n) is 1.41. The molecule has 0 aromatic rings. The minimum absolute atomic E-state index is 0.452. The molecule has 0 aromatic carbocycles. The summed E-state index contributed by atoms with van der Waals surface area (Å²) in [6.45, 7) is 1.19. The summed E-state index contributed by atoms with van der Waals surface area (Å²) in [5, 5.41) is 2.32. The largest absolute Gasteiger partial charge is 0.270 e. The van der Waals surface area contributed by atoms with Crippen molar-refractivity contribution in [1.29, 1.82) is 0 Å². The fraction of sp³-hybridized carbons (Fsp3) is 0.750. The van der Waals surface area contributed by atoms with Crippen molar-refractivity contribution in [1.82, 2.24) is 4.72 Å². The first-order chi connectivity index (χ1) is 2.89. The molecular weight excluding hydrogens is 94.1 g/mol. The Bertz CT molecular complexity index is 77.6. The molecule has 1 atom stereocenters. The van der Waals surface area contributed by atoms with Crippen LogP contribution in [-0.2, 0) is 0 Å². The van der Waals surface area contributed by atoms with Gasteiger partial charge in [0.2, 0.25) is 0 Å². The maximum Gasteiger partial charge on any atom is 0.00935 e. The number of hydrogen-bond donors (Lipinski definition) is 1. The molecule has 1 rings (SSSR count). The van der Waals surface area contributed by atoms with Crippen molar-refractivity contribution in [3.63, 3.8) is 0 Å². The van der Waals surface area contributed by atoms with Gasteiger partial charge in [0.15, 0.2) is 0 Å². The van der Waals surface area contributed by atoms with Gasteiger partial charge in [-0.25, -0.2) is 0 Å². The van der Waals surface area contributed by atoms with Gasteiger partial charge in [-0.3, -0.25) is 4.72 Å². The molecule has 0 saturated carbocycles. The van der Waals surface area contributed by atoms with E-state index in [0.29, 0.717) is 10.7 Å². The molecule has 0 aliphatic carbocycles. The van der Waals surface area contributed by atoms with Gasteiger partial charge >= 0.3 is 0 Å². The van der Waals surface area contributed by atoms with Crippen molar-refractivity contribution in [3.8, 4) is 0 Å².